The first-order chi connectivity index (χ1) is 6.94. The van der Waals surface area contributed by atoms with Crippen LogP contribution in [0.1, 0.15) is 46.5 Å². The minimum absolute atomic E-state index is 0.0207. The maximum atomic E-state index is 11.0. The predicted molar refractivity (Wildman–Crippen MR) is 62.0 cm³/mol. The summed E-state index contributed by atoms with van der Waals surface area (Å²) >= 11 is 5.41. The van der Waals surface area contributed by atoms with Crippen molar-refractivity contribution in [2.45, 2.75) is 52.6 Å². The molecule has 1 aliphatic rings. The Hall–Kier alpha value is -0.240. The van der Waals surface area contributed by atoms with E-state index in [1.54, 1.807) is 0 Å². The van der Waals surface area contributed by atoms with Crippen LogP contribution in [0.25, 0.3) is 0 Å². The Labute approximate surface area is 97.3 Å². The molecular formula is C12H21ClO2. The highest BCUT2D eigenvalue weighted by molar-refractivity contribution is 6.26. The van der Waals surface area contributed by atoms with Crippen LogP contribution in [0.3, 0.4) is 0 Å². The molecule has 0 N–H and O–H groups in total. The van der Waals surface area contributed by atoms with Gasteiger partial charge in [0, 0.05) is 0 Å². The maximum absolute atomic E-state index is 11.0. The van der Waals surface area contributed by atoms with E-state index in [0.29, 0.717) is 11.3 Å². The molecule has 2 nitrogen and oxygen atoms in total. The summed E-state index contributed by atoms with van der Waals surface area (Å²) in [6.45, 7) is 6.59. The van der Waals surface area contributed by atoms with Crippen molar-refractivity contribution in [1.82, 2.24) is 0 Å². The van der Waals surface area contributed by atoms with Gasteiger partial charge >= 0.3 is 5.97 Å². The molecule has 0 aromatic heterocycles. The van der Waals surface area contributed by atoms with E-state index in [1.165, 1.54) is 12.8 Å². The minimum atomic E-state index is -0.297. The molecule has 0 aromatic rings. The Bertz CT molecular complexity index is 216. The number of hydrogen-bond donors (Lipinski definition) is 0. The Morgan fingerprint density at radius 3 is 2.47 bits per heavy atom. The van der Waals surface area contributed by atoms with E-state index in [9.17, 15) is 4.79 Å². The summed E-state index contributed by atoms with van der Waals surface area (Å²) in [5.74, 6) is 0.182. The molecule has 1 fully saturated rings. The average Bonchev–Trinajstić information content (AvgIpc) is 2.17. The molecule has 0 heterocycles. The third-order valence-electron chi connectivity index (χ3n) is 3.47. The Balaban J connectivity index is 2.36. The number of esters is 1. The van der Waals surface area contributed by atoms with E-state index in [-0.39, 0.29) is 18.0 Å². The molecule has 3 heteroatoms. The van der Waals surface area contributed by atoms with Crippen LogP contribution < -0.4 is 0 Å². The summed E-state index contributed by atoms with van der Waals surface area (Å²) in [5, 5.41) is 0. The summed E-state index contributed by atoms with van der Waals surface area (Å²) in [5.41, 5.74) is 0.465. The SMILES string of the molecule is CC(OC(=O)CCl)C1CCC(C)(C)CC1. The Morgan fingerprint density at radius 2 is 2.00 bits per heavy atom. The van der Waals surface area contributed by atoms with Gasteiger partial charge in [0.1, 0.15) is 12.0 Å². The van der Waals surface area contributed by atoms with E-state index in [1.807, 2.05) is 6.92 Å². The molecule has 0 amide bonds. The first kappa shape index (κ1) is 12.8. The van der Waals surface area contributed by atoms with Gasteiger partial charge in [-0.15, -0.1) is 11.6 Å². The van der Waals surface area contributed by atoms with Crippen molar-refractivity contribution in [3.8, 4) is 0 Å². The summed E-state index contributed by atoms with van der Waals surface area (Å²) in [6, 6.07) is 0. The highest BCUT2D eigenvalue weighted by Crippen LogP contribution is 2.39. The molecule has 88 valence electrons. The van der Waals surface area contributed by atoms with Crippen LogP contribution in [0.5, 0.6) is 0 Å². The zero-order valence-electron chi connectivity index (χ0n) is 9.88. The van der Waals surface area contributed by atoms with Gasteiger partial charge in [0.25, 0.3) is 0 Å². The summed E-state index contributed by atoms with van der Waals surface area (Å²) in [7, 11) is 0. The highest BCUT2D eigenvalue weighted by atomic mass is 35.5. The fourth-order valence-electron chi connectivity index (χ4n) is 2.23. The van der Waals surface area contributed by atoms with Crippen LogP contribution in [0.2, 0.25) is 0 Å². The van der Waals surface area contributed by atoms with Gasteiger partial charge in [0.05, 0.1) is 0 Å². The summed E-state index contributed by atoms with van der Waals surface area (Å²) in [4.78, 5) is 11.0. The van der Waals surface area contributed by atoms with E-state index < -0.39 is 0 Å². The minimum Gasteiger partial charge on any atom is -0.461 e. The van der Waals surface area contributed by atoms with Crippen molar-refractivity contribution in [3.05, 3.63) is 0 Å². The number of ether oxygens (including phenoxy) is 1. The van der Waals surface area contributed by atoms with Gasteiger partial charge in [0.2, 0.25) is 0 Å². The molecule has 1 saturated carbocycles. The molecule has 1 atom stereocenters. The number of carbonyl (C=O) groups is 1. The average molecular weight is 233 g/mol. The molecule has 0 saturated heterocycles. The van der Waals surface area contributed by atoms with Crippen molar-refractivity contribution >= 4 is 17.6 Å². The zero-order chi connectivity index (χ0) is 11.5. The van der Waals surface area contributed by atoms with Crippen LogP contribution in [0, 0.1) is 11.3 Å². The first-order valence-electron chi connectivity index (χ1n) is 5.70. The van der Waals surface area contributed by atoms with Gasteiger partial charge in [-0.1, -0.05) is 13.8 Å². The molecule has 0 radical (unpaired) electrons. The fraction of sp³-hybridized carbons (Fsp3) is 0.917. The monoisotopic (exact) mass is 232 g/mol. The van der Waals surface area contributed by atoms with Crippen LogP contribution in [0.15, 0.2) is 0 Å². The molecule has 0 bridgehead atoms. The van der Waals surface area contributed by atoms with Crippen molar-refractivity contribution in [2.24, 2.45) is 11.3 Å². The summed E-state index contributed by atoms with van der Waals surface area (Å²) in [6.07, 6.45) is 4.78. The van der Waals surface area contributed by atoms with Crippen LogP contribution in [-0.2, 0) is 9.53 Å². The standard InChI is InChI=1S/C12H21ClO2/c1-9(15-11(14)8-13)10-4-6-12(2,3)7-5-10/h9-10H,4-8H2,1-3H3. The van der Waals surface area contributed by atoms with Crippen molar-refractivity contribution in [2.75, 3.05) is 5.88 Å². The third-order valence-corrected chi connectivity index (χ3v) is 3.69. The molecule has 0 spiro atoms. The number of halogens is 1. The lowest BCUT2D eigenvalue weighted by Gasteiger charge is -2.36. The van der Waals surface area contributed by atoms with Gasteiger partial charge in [-0.05, 0) is 43.9 Å². The number of rotatable bonds is 3. The number of carbonyl (C=O) groups excluding carboxylic acids is 1. The molecular weight excluding hydrogens is 212 g/mol. The van der Waals surface area contributed by atoms with E-state index in [0.717, 1.165) is 12.8 Å². The van der Waals surface area contributed by atoms with E-state index in [2.05, 4.69) is 13.8 Å². The van der Waals surface area contributed by atoms with Gasteiger partial charge in [-0.3, -0.25) is 4.79 Å². The molecule has 15 heavy (non-hydrogen) atoms. The first-order valence-corrected chi connectivity index (χ1v) is 6.23. The maximum Gasteiger partial charge on any atom is 0.321 e. The predicted octanol–water partition coefficient (Wildman–Crippen LogP) is 3.37. The second-order valence-electron chi connectivity index (χ2n) is 5.33. The van der Waals surface area contributed by atoms with E-state index in [4.69, 9.17) is 16.3 Å². The Morgan fingerprint density at radius 1 is 1.47 bits per heavy atom. The number of alkyl halides is 1. The molecule has 1 rings (SSSR count). The molecule has 1 aliphatic carbocycles. The van der Waals surface area contributed by atoms with Crippen LogP contribution >= 0.6 is 11.6 Å². The zero-order valence-corrected chi connectivity index (χ0v) is 10.6. The van der Waals surface area contributed by atoms with E-state index >= 15 is 0 Å². The lowest BCUT2D eigenvalue weighted by Crippen LogP contribution is -2.30. The number of hydrogen-bond acceptors (Lipinski definition) is 2. The van der Waals surface area contributed by atoms with Gasteiger partial charge in [-0.25, -0.2) is 0 Å². The van der Waals surface area contributed by atoms with Crippen molar-refractivity contribution < 1.29 is 9.53 Å². The fourth-order valence-corrected chi connectivity index (χ4v) is 2.29. The molecule has 0 aliphatic heterocycles. The lowest BCUT2D eigenvalue weighted by atomic mass is 9.72. The van der Waals surface area contributed by atoms with Gasteiger partial charge in [-0.2, -0.15) is 0 Å². The van der Waals surface area contributed by atoms with Crippen LogP contribution in [-0.4, -0.2) is 18.0 Å². The molecule has 0 aromatic carbocycles. The van der Waals surface area contributed by atoms with Gasteiger partial charge < -0.3 is 4.74 Å². The lowest BCUT2D eigenvalue weighted by molar-refractivity contribution is -0.148. The Kier molecular flexibility index (Phi) is 4.45. The second-order valence-corrected chi connectivity index (χ2v) is 5.60. The highest BCUT2D eigenvalue weighted by Gasteiger charge is 2.30. The largest absolute Gasteiger partial charge is 0.461 e. The smallest absolute Gasteiger partial charge is 0.321 e. The van der Waals surface area contributed by atoms with Crippen molar-refractivity contribution in [3.63, 3.8) is 0 Å². The normalized spacial score (nSPS) is 23.5. The second kappa shape index (κ2) is 5.20. The molecule has 1 unspecified atom stereocenters. The quantitative estimate of drug-likeness (QED) is 0.551. The third kappa shape index (κ3) is 4.02. The van der Waals surface area contributed by atoms with Crippen LogP contribution in [0.4, 0.5) is 0 Å². The van der Waals surface area contributed by atoms with Crippen molar-refractivity contribution in [1.29, 1.82) is 0 Å². The topological polar surface area (TPSA) is 26.3 Å². The summed E-state index contributed by atoms with van der Waals surface area (Å²) < 4.78 is 5.24. The van der Waals surface area contributed by atoms with Gasteiger partial charge in [0.15, 0.2) is 0 Å².